The van der Waals surface area contributed by atoms with Crippen molar-refractivity contribution >= 4 is 5.97 Å². The molecule has 34 heavy (non-hydrogen) atoms. The lowest BCUT2D eigenvalue weighted by atomic mass is 9.86. The third-order valence-corrected chi connectivity index (χ3v) is 6.76. The number of unbranched alkanes of at least 4 members (excludes halogenated alkanes) is 8. The van der Waals surface area contributed by atoms with Gasteiger partial charge in [-0.25, -0.2) is 4.79 Å². The number of rotatable bonds is 18. The number of aliphatic hydroxyl groups excluding tert-OH is 3. The minimum absolute atomic E-state index is 0.0524. The second-order valence-electron chi connectivity index (χ2n) is 10.1. The number of carbonyl (C=O) groups is 1. The van der Waals surface area contributed by atoms with Gasteiger partial charge < -0.3 is 20.1 Å². The number of benzene rings is 1. The SMILES string of the molecule is CCCCCCCCCCC[C@H](O)C[C@H](O)C[C@@H](Cc1ccccc1)C[C@@H]1CC(O)=CC(=O)O1. The molecule has 0 aliphatic carbocycles. The van der Waals surface area contributed by atoms with Crippen molar-refractivity contribution in [3.8, 4) is 0 Å². The van der Waals surface area contributed by atoms with Crippen LogP contribution in [-0.4, -0.2) is 39.6 Å². The van der Waals surface area contributed by atoms with Gasteiger partial charge in [-0.15, -0.1) is 0 Å². The summed E-state index contributed by atoms with van der Waals surface area (Å²) in [6, 6.07) is 10.1. The summed E-state index contributed by atoms with van der Waals surface area (Å²) in [4.78, 5) is 11.7. The molecule has 1 aromatic carbocycles. The van der Waals surface area contributed by atoms with E-state index >= 15 is 0 Å². The van der Waals surface area contributed by atoms with Gasteiger partial charge in [0.1, 0.15) is 11.9 Å². The van der Waals surface area contributed by atoms with Crippen molar-refractivity contribution < 1.29 is 24.9 Å². The summed E-state index contributed by atoms with van der Waals surface area (Å²) >= 11 is 0. The highest BCUT2D eigenvalue weighted by Crippen LogP contribution is 2.27. The molecule has 5 heteroatoms. The molecule has 0 saturated carbocycles. The van der Waals surface area contributed by atoms with Crippen molar-refractivity contribution in [2.75, 3.05) is 0 Å². The van der Waals surface area contributed by atoms with Gasteiger partial charge in [0.2, 0.25) is 0 Å². The first-order valence-electron chi connectivity index (χ1n) is 13.5. The average Bonchev–Trinajstić information content (AvgIpc) is 2.78. The van der Waals surface area contributed by atoms with Gasteiger partial charge in [-0.05, 0) is 43.6 Å². The Labute approximate surface area is 206 Å². The molecule has 0 saturated heterocycles. The van der Waals surface area contributed by atoms with Gasteiger partial charge in [-0.2, -0.15) is 0 Å². The van der Waals surface area contributed by atoms with Gasteiger partial charge in [0.05, 0.1) is 18.3 Å². The van der Waals surface area contributed by atoms with Crippen LogP contribution in [0.3, 0.4) is 0 Å². The standard InChI is InChI=1S/C29H46O5/c1-2-3-4-5-6-7-8-9-13-16-25(30)20-26(31)18-24(17-23-14-11-10-12-15-23)19-28-21-27(32)22-29(33)34-28/h10-12,14-15,22,24-26,28,30-32H,2-9,13,16-21H2,1H3/t24-,25+,26-,28-/m1/s1. The predicted molar refractivity (Wildman–Crippen MR) is 137 cm³/mol. The van der Waals surface area contributed by atoms with Crippen LogP contribution in [0.1, 0.15) is 102 Å². The van der Waals surface area contributed by atoms with E-state index in [-0.39, 0.29) is 17.8 Å². The predicted octanol–water partition coefficient (Wildman–Crippen LogP) is 6.42. The van der Waals surface area contributed by atoms with Crippen molar-refractivity contribution in [1.82, 2.24) is 0 Å². The second kappa shape index (κ2) is 16.7. The number of carbonyl (C=O) groups excluding carboxylic acids is 1. The van der Waals surface area contributed by atoms with Crippen LogP contribution in [0.2, 0.25) is 0 Å². The number of aliphatic hydroxyl groups is 3. The fourth-order valence-corrected chi connectivity index (χ4v) is 4.99. The normalized spacial score (nSPS) is 18.7. The molecule has 4 atom stereocenters. The van der Waals surface area contributed by atoms with E-state index < -0.39 is 18.2 Å². The van der Waals surface area contributed by atoms with Crippen LogP contribution in [0.25, 0.3) is 0 Å². The topological polar surface area (TPSA) is 87.0 Å². The van der Waals surface area contributed by atoms with Gasteiger partial charge in [0.15, 0.2) is 0 Å². The Kier molecular flexibility index (Phi) is 14.0. The fourth-order valence-electron chi connectivity index (χ4n) is 4.99. The van der Waals surface area contributed by atoms with Crippen LogP contribution in [0, 0.1) is 5.92 Å². The van der Waals surface area contributed by atoms with Crippen LogP contribution in [0.4, 0.5) is 0 Å². The molecule has 0 fully saturated rings. The number of esters is 1. The molecule has 5 nitrogen and oxygen atoms in total. The highest BCUT2D eigenvalue weighted by Gasteiger charge is 2.27. The molecule has 0 aromatic heterocycles. The minimum Gasteiger partial charge on any atom is -0.512 e. The lowest BCUT2D eigenvalue weighted by molar-refractivity contribution is -0.146. The van der Waals surface area contributed by atoms with E-state index in [4.69, 9.17) is 4.74 Å². The first kappa shape index (κ1) is 28.4. The van der Waals surface area contributed by atoms with Crippen LogP contribution in [0.15, 0.2) is 42.2 Å². The molecule has 0 spiro atoms. The van der Waals surface area contributed by atoms with Gasteiger partial charge in [-0.1, -0.05) is 95.0 Å². The Hall–Kier alpha value is -1.85. The maximum atomic E-state index is 11.7. The highest BCUT2D eigenvalue weighted by molar-refractivity contribution is 5.83. The third kappa shape index (κ3) is 12.6. The smallest absolute Gasteiger partial charge is 0.334 e. The van der Waals surface area contributed by atoms with E-state index in [1.165, 1.54) is 44.9 Å². The van der Waals surface area contributed by atoms with Crippen LogP contribution >= 0.6 is 0 Å². The van der Waals surface area contributed by atoms with Gasteiger partial charge in [-0.3, -0.25) is 0 Å². The van der Waals surface area contributed by atoms with Crippen molar-refractivity contribution in [3.05, 3.63) is 47.7 Å². The van der Waals surface area contributed by atoms with Crippen molar-refractivity contribution in [2.45, 2.75) is 122 Å². The van der Waals surface area contributed by atoms with E-state index in [9.17, 15) is 20.1 Å². The zero-order chi connectivity index (χ0) is 24.6. The summed E-state index contributed by atoms with van der Waals surface area (Å²) in [5.41, 5.74) is 1.16. The molecule has 0 bridgehead atoms. The lowest BCUT2D eigenvalue weighted by Gasteiger charge is -2.27. The van der Waals surface area contributed by atoms with Crippen molar-refractivity contribution in [3.63, 3.8) is 0 Å². The fraction of sp³-hybridized carbons (Fsp3) is 0.690. The summed E-state index contributed by atoms with van der Waals surface area (Å²) < 4.78 is 5.39. The molecule has 3 N–H and O–H groups in total. The zero-order valence-electron chi connectivity index (χ0n) is 21.0. The summed E-state index contributed by atoms with van der Waals surface area (Å²) in [5, 5.41) is 31.0. The summed E-state index contributed by atoms with van der Waals surface area (Å²) in [6.07, 6.45) is 14.2. The van der Waals surface area contributed by atoms with E-state index in [0.717, 1.165) is 37.3 Å². The maximum absolute atomic E-state index is 11.7. The van der Waals surface area contributed by atoms with E-state index in [1.807, 2.05) is 18.2 Å². The molecule has 0 unspecified atom stereocenters. The van der Waals surface area contributed by atoms with Crippen LogP contribution in [-0.2, 0) is 16.0 Å². The molecule has 1 aliphatic rings. The number of hydrogen-bond acceptors (Lipinski definition) is 5. The van der Waals surface area contributed by atoms with Crippen LogP contribution < -0.4 is 0 Å². The van der Waals surface area contributed by atoms with Crippen LogP contribution in [0.5, 0.6) is 0 Å². The Morgan fingerprint density at radius 3 is 2.21 bits per heavy atom. The van der Waals surface area contributed by atoms with E-state index in [0.29, 0.717) is 25.7 Å². The second-order valence-corrected chi connectivity index (χ2v) is 10.1. The largest absolute Gasteiger partial charge is 0.512 e. The first-order chi connectivity index (χ1) is 16.5. The summed E-state index contributed by atoms with van der Waals surface area (Å²) in [7, 11) is 0. The molecule has 1 heterocycles. The third-order valence-electron chi connectivity index (χ3n) is 6.76. The molecule has 1 aromatic rings. The van der Waals surface area contributed by atoms with Gasteiger partial charge in [0, 0.05) is 6.42 Å². The molecule has 0 amide bonds. The Bertz CT molecular complexity index is 702. The Morgan fingerprint density at radius 2 is 1.56 bits per heavy atom. The summed E-state index contributed by atoms with van der Waals surface area (Å²) in [5.74, 6) is -0.373. The maximum Gasteiger partial charge on any atom is 0.334 e. The molecule has 0 radical (unpaired) electrons. The monoisotopic (exact) mass is 474 g/mol. The Balaban J connectivity index is 1.72. The molecular weight excluding hydrogens is 428 g/mol. The average molecular weight is 475 g/mol. The highest BCUT2D eigenvalue weighted by atomic mass is 16.5. The van der Waals surface area contributed by atoms with E-state index in [1.54, 1.807) is 0 Å². The van der Waals surface area contributed by atoms with E-state index in [2.05, 4.69) is 19.1 Å². The molecule has 1 aliphatic heterocycles. The van der Waals surface area contributed by atoms with Crippen molar-refractivity contribution in [1.29, 1.82) is 0 Å². The molecule has 2 rings (SSSR count). The lowest BCUT2D eigenvalue weighted by Crippen LogP contribution is -2.28. The van der Waals surface area contributed by atoms with Gasteiger partial charge in [0.25, 0.3) is 0 Å². The zero-order valence-corrected chi connectivity index (χ0v) is 21.0. The quantitative estimate of drug-likeness (QED) is 0.169. The Morgan fingerprint density at radius 1 is 0.912 bits per heavy atom. The molecular formula is C29H46O5. The van der Waals surface area contributed by atoms with Crippen molar-refractivity contribution in [2.24, 2.45) is 5.92 Å². The van der Waals surface area contributed by atoms with Gasteiger partial charge >= 0.3 is 5.97 Å². The summed E-state index contributed by atoms with van der Waals surface area (Å²) in [6.45, 7) is 2.24. The number of hydrogen-bond donors (Lipinski definition) is 3. The first-order valence-corrected chi connectivity index (χ1v) is 13.5. The number of ether oxygens (including phenoxy) is 1. The minimum atomic E-state index is -0.606. The molecule has 192 valence electrons. The number of cyclic esters (lactones) is 1.